The molecule has 0 aliphatic heterocycles. The summed E-state index contributed by atoms with van der Waals surface area (Å²) >= 11 is 3.33. The van der Waals surface area contributed by atoms with Gasteiger partial charge in [0.15, 0.2) is 11.5 Å². The van der Waals surface area contributed by atoms with Crippen LogP contribution in [0.3, 0.4) is 0 Å². The van der Waals surface area contributed by atoms with Gasteiger partial charge in [-0.2, -0.15) is 5.10 Å². The van der Waals surface area contributed by atoms with Crippen LogP contribution < -0.4 is 19.6 Å². The van der Waals surface area contributed by atoms with Crippen LogP contribution in [0.2, 0.25) is 0 Å². The molecule has 0 spiro atoms. The molecule has 3 rings (SSSR count). The minimum atomic E-state index is -0.516. The molecular formula is C25H23BrN2O5. The van der Waals surface area contributed by atoms with Crippen LogP contribution in [0.4, 0.5) is 0 Å². The fourth-order valence-corrected chi connectivity index (χ4v) is 3.17. The van der Waals surface area contributed by atoms with Crippen molar-refractivity contribution in [1.29, 1.82) is 0 Å². The van der Waals surface area contributed by atoms with Crippen molar-refractivity contribution in [2.75, 3.05) is 13.7 Å². The average molecular weight is 511 g/mol. The molecule has 1 N–H and O–H groups in total. The molecule has 0 aliphatic rings. The zero-order valence-electron chi connectivity index (χ0n) is 18.2. The Bertz CT molecular complexity index is 1150. The summed E-state index contributed by atoms with van der Waals surface area (Å²) in [6.45, 7) is 2.64. The van der Waals surface area contributed by atoms with E-state index < -0.39 is 5.97 Å². The second-order valence-corrected chi connectivity index (χ2v) is 7.80. The topological polar surface area (TPSA) is 86.2 Å². The highest BCUT2D eigenvalue weighted by molar-refractivity contribution is 9.10. The molecule has 0 fully saturated rings. The van der Waals surface area contributed by atoms with Crippen molar-refractivity contribution in [2.45, 2.75) is 13.3 Å². The molecule has 0 radical (unpaired) electrons. The fraction of sp³-hybridized carbons (Fsp3) is 0.160. The number of carbonyl (C=O) groups excluding carboxylic acids is 2. The molecule has 3 aromatic rings. The highest BCUT2D eigenvalue weighted by atomic mass is 79.9. The first-order valence-corrected chi connectivity index (χ1v) is 11.0. The number of rotatable bonds is 9. The van der Waals surface area contributed by atoms with Gasteiger partial charge in [-0.15, -0.1) is 0 Å². The molecule has 0 saturated carbocycles. The van der Waals surface area contributed by atoms with Gasteiger partial charge in [0.25, 0.3) is 5.91 Å². The highest BCUT2D eigenvalue weighted by Crippen LogP contribution is 2.28. The summed E-state index contributed by atoms with van der Waals surface area (Å²) in [5.41, 5.74) is 3.99. The van der Waals surface area contributed by atoms with Crippen LogP contribution in [0.25, 0.3) is 0 Å². The van der Waals surface area contributed by atoms with Crippen molar-refractivity contribution in [3.8, 4) is 17.2 Å². The number of hydrogen-bond acceptors (Lipinski definition) is 6. The Morgan fingerprint density at radius 3 is 2.48 bits per heavy atom. The monoisotopic (exact) mass is 510 g/mol. The zero-order chi connectivity index (χ0) is 23.6. The Morgan fingerprint density at radius 1 is 1.00 bits per heavy atom. The van der Waals surface area contributed by atoms with Gasteiger partial charge in [0, 0.05) is 10.0 Å². The molecule has 0 bridgehead atoms. The molecule has 7 nitrogen and oxygen atoms in total. The molecular weight excluding hydrogens is 488 g/mol. The molecule has 0 aromatic heterocycles. The number of benzene rings is 3. The van der Waals surface area contributed by atoms with E-state index in [0.717, 1.165) is 10.9 Å². The number of hydrogen-bond donors (Lipinski definition) is 1. The molecule has 0 atom stereocenters. The first-order valence-electron chi connectivity index (χ1n) is 10.2. The molecule has 170 valence electrons. The summed E-state index contributed by atoms with van der Waals surface area (Å²) in [6, 6.07) is 18.7. The van der Waals surface area contributed by atoms with Crippen LogP contribution in [-0.2, 0) is 0 Å². The lowest BCUT2D eigenvalue weighted by atomic mass is 10.2. The second kappa shape index (κ2) is 11.8. The quantitative estimate of drug-likeness (QED) is 0.184. The summed E-state index contributed by atoms with van der Waals surface area (Å²) in [7, 11) is 1.47. The molecule has 0 unspecified atom stereocenters. The number of nitrogens with zero attached hydrogens (tertiary/aromatic N) is 1. The van der Waals surface area contributed by atoms with E-state index in [-0.39, 0.29) is 11.7 Å². The van der Waals surface area contributed by atoms with Gasteiger partial charge >= 0.3 is 5.97 Å². The SMILES string of the molecule is CCCOc1ccc(C(=O)Oc2ccc(/C=N\NC(=O)c3cccc(Br)c3)cc2OC)cc1. The van der Waals surface area contributed by atoms with Gasteiger partial charge in [0.1, 0.15) is 5.75 Å². The number of halogens is 1. The van der Waals surface area contributed by atoms with Gasteiger partial charge in [-0.25, -0.2) is 10.2 Å². The summed E-state index contributed by atoms with van der Waals surface area (Å²) in [5, 5.41) is 3.98. The van der Waals surface area contributed by atoms with E-state index in [2.05, 4.69) is 26.5 Å². The molecule has 0 saturated heterocycles. The molecule has 3 aromatic carbocycles. The van der Waals surface area contributed by atoms with Crippen molar-refractivity contribution in [3.05, 3.63) is 87.9 Å². The number of esters is 1. The molecule has 0 aliphatic carbocycles. The van der Waals surface area contributed by atoms with Crippen molar-refractivity contribution in [2.24, 2.45) is 5.10 Å². The zero-order valence-corrected chi connectivity index (χ0v) is 19.8. The third-order valence-electron chi connectivity index (χ3n) is 4.42. The Labute approximate surface area is 200 Å². The lowest BCUT2D eigenvalue weighted by molar-refractivity contribution is 0.0729. The maximum atomic E-state index is 12.5. The van der Waals surface area contributed by atoms with Gasteiger partial charge in [-0.3, -0.25) is 4.79 Å². The van der Waals surface area contributed by atoms with E-state index in [1.165, 1.54) is 13.3 Å². The largest absolute Gasteiger partial charge is 0.494 e. The van der Waals surface area contributed by atoms with Gasteiger partial charge < -0.3 is 14.2 Å². The number of ether oxygens (including phenoxy) is 3. The minimum Gasteiger partial charge on any atom is -0.494 e. The van der Waals surface area contributed by atoms with E-state index in [1.54, 1.807) is 60.7 Å². The maximum absolute atomic E-state index is 12.5. The lowest BCUT2D eigenvalue weighted by Crippen LogP contribution is -2.17. The van der Waals surface area contributed by atoms with Crippen molar-refractivity contribution < 1.29 is 23.8 Å². The van der Waals surface area contributed by atoms with Crippen LogP contribution in [0.5, 0.6) is 17.2 Å². The van der Waals surface area contributed by atoms with E-state index in [1.807, 2.05) is 13.0 Å². The van der Waals surface area contributed by atoms with E-state index in [4.69, 9.17) is 14.2 Å². The first kappa shape index (κ1) is 24.0. The third kappa shape index (κ3) is 6.92. The third-order valence-corrected chi connectivity index (χ3v) is 4.91. The highest BCUT2D eigenvalue weighted by Gasteiger charge is 2.13. The Balaban J connectivity index is 1.63. The molecule has 1 amide bonds. The van der Waals surface area contributed by atoms with Gasteiger partial charge in [-0.1, -0.05) is 28.9 Å². The van der Waals surface area contributed by atoms with Crippen molar-refractivity contribution >= 4 is 34.0 Å². The van der Waals surface area contributed by atoms with Gasteiger partial charge in [0.2, 0.25) is 0 Å². The standard InChI is InChI=1S/C25H23BrN2O5/c1-3-13-32-21-10-8-18(9-11-21)25(30)33-22-12-7-17(14-23(22)31-2)16-27-28-24(29)19-5-4-6-20(26)15-19/h4-12,14-16H,3,13H2,1-2H3,(H,28,29)/b27-16-. The maximum Gasteiger partial charge on any atom is 0.343 e. The first-order chi connectivity index (χ1) is 16.0. The van der Waals surface area contributed by atoms with E-state index in [0.29, 0.717) is 34.8 Å². The number of hydrazone groups is 1. The number of nitrogens with one attached hydrogen (secondary N) is 1. The second-order valence-electron chi connectivity index (χ2n) is 6.88. The van der Waals surface area contributed by atoms with Crippen LogP contribution in [-0.4, -0.2) is 31.8 Å². The summed E-state index contributed by atoms with van der Waals surface area (Å²) in [5.74, 6) is 0.466. The summed E-state index contributed by atoms with van der Waals surface area (Å²) < 4.78 is 17.2. The van der Waals surface area contributed by atoms with Crippen LogP contribution in [0, 0.1) is 0 Å². The number of carbonyl (C=O) groups is 2. The Hall–Kier alpha value is -3.65. The predicted molar refractivity (Wildman–Crippen MR) is 129 cm³/mol. The van der Waals surface area contributed by atoms with Crippen molar-refractivity contribution in [1.82, 2.24) is 5.43 Å². The Morgan fingerprint density at radius 2 is 1.79 bits per heavy atom. The summed E-state index contributed by atoms with van der Waals surface area (Å²) in [6.07, 6.45) is 2.38. The fourth-order valence-electron chi connectivity index (χ4n) is 2.77. The predicted octanol–water partition coefficient (Wildman–Crippen LogP) is 5.23. The van der Waals surface area contributed by atoms with Crippen LogP contribution in [0.1, 0.15) is 39.6 Å². The van der Waals surface area contributed by atoms with Gasteiger partial charge in [0.05, 0.1) is 25.5 Å². The number of amides is 1. The minimum absolute atomic E-state index is 0.268. The van der Waals surface area contributed by atoms with Crippen LogP contribution in [0.15, 0.2) is 76.3 Å². The Kier molecular flexibility index (Phi) is 8.60. The molecule has 0 heterocycles. The normalized spacial score (nSPS) is 10.6. The van der Waals surface area contributed by atoms with E-state index >= 15 is 0 Å². The van der Waals surface area contributed by atoms with Crippen molar-refractivity contribution in [3.63, 3.8) is 0 Å². The van der Waals surface area contributed by atoms with Gasteiger partial charge in [-0.05, 0) is 72.6 Å². The summed E-state index contributed by atoms with van der Waals surface area (Å²) in [4.78, 5) is 24.7. The molecule has 8 heteroatoms. The van der Waals surface area contributed by atoms with E-state index in [9.17, 15) is 9.59 Å². The molecule has 33 heavy (non-hydrogen) atoms. The van der Waals surface area contributed by atoms with Crippen LogP contribution >= 0.6 is 15.9 Å². The number of methoxy groups -OCH3 is 1. The lowest BCUT2D eigenvalue weighted by Gasteiger charge is -2.10. The smallest absolute Gasteiger partial charge is 0.343 e. The average Bonchev–Trinajstić information content (AvgIpc) is 2.83.